The summed E-state index contributed by atoms with van der Waals surface area (Å²) < 4.78 is 2.11. The van der Waals surface area contributed by atoms with Crippen LogP contribution in [0, 0.1) is 0 Å². The van der Waals surface area contributed by atoms with Gasteiger partial charge in [-0.05, 0) is 26.2 Å². The fourth-order valence-corrected chi connectivity index (χ4v) is 1.73. The Hall–Kier alpha value is -1.12. The van der Waals surface area contributed by atoms with E-state index in [0.717, 1.165) is 6.42 Å². The molecule has 0 saturated carbocycles. The number of allylic oxidation sites excluding steroid dienone is 2. The van der Waals surface area contributed by atoms with Crippen molar-refractivity contribution in [2.45, 2.75) is 32.2 Å². The van der Waals surface area contributed by atoms with Crippen LogP contribution in [-0.2, 0) is 0 Å². The lowest BCUT2D eigenvalue weighted by Crippen LogP contribution is -2.10. The Morgan fingerprint density at radius 3 is 2.83 bits per heavy atom. The Balaban J connectivity index is 2.12. The zero-order valence-corrected chi connectivity index (χ0v) is 7.27. The van der Waals surface area contributed by atoms with Gasteiger partial charge in [-0.25, -0.2) is 0 Å². The average molecular weight is 163 g/mol. The van der Waals surface area contributed by atoms with Gasteiger partial charge in [-0.3, -0.25) is 0 Å². The highest BCUT2D eigenvalue weighted by molar-refractivity contribution is 5.04. The van der Waals surface area contributed by atoms with Gasteiger partial charge in [-0.2, -0.15) is 0 Å². The molecule has 3 nitrogen and oxygen atoms in total. The van der Waals surface area contributed by atoms with Crippen LogP contribution in [0.1, 0.15) is 32.2 Å². The van der Waals surface area contributed by atoms with Crippen LogP contribution in [-0.4, -0.2) is 14.8 Å². The van der Waals surface area contributed by atoms with Crippen molar-refractivity contribution in [2.75, 3.05) is 0 Å². The lowest BCUT2D eigenvalue weighted by Gasteiger charge is -2.21. The number of rotatable bonds is 1. The number of nitrogens with zero attached hydrogens (tertiary/aromatic N) is 3. The second-order valence-electron chi connectivity index (χ2n) is 3.39. The summed E-state index contributed by atoms with van der Waals surface area (Å²) >= 11 is 0. The zero-order valence-electron chi connectivity index (χ0n) is 7.27. The minimum Gasteiger partial charge on any atom is -0.317 e. The normalized spacial score (nSPS) is 23.8. The standard InChI is InChI=1S/C9H13N3/c1-8-3-2-4-9(5-8)12-6-10-11-7-12/h3,6-7,9H,2,4-5H2,1H3. The van der Waals surface area contributed by atoms with E-state index >= 15 is 0 Å². The van der Waals surface area contributed by atoms with Crippen LogP contribution < -0.4 is 0 Å². The maximum Gasteiger partial charge on any atom is 0.119 e. The molecule has 0 aliphatic heterocycles. The van der Waals surface area contributed by atoms with E-state index < -0.39 is 0 Å². The summed E-state index contributed by atoms with van der Waals surface area (Å²) in [5.41, 5.74) is 1.49. The fourth-order valence-electron chi connectivity index (χ4n) is 1.73. The van der Waals surface area contributed by atoms with Crippen molar-refractivity contribution in [1.29, 1.82) is 0 Å². The van der Waals surface area contributed by atoms with Crippen molar-refractivity contribution in [1.82, 2.24) is 14.8 Å². The molecule has 64 valence electrons. The molecular formula is C9H13N3. The zero-order chi connectivity index (χ0) is 8.39. The van der Waals surface area contributed by atoms with Crippen molar-refractivity contribution in [3.05, 3.63) is 24.3 Å². The summed E-state index contributed by atoms with van der Waals surface area (Å²) in [5.74, 6) is 0. The third kappa shape index (κ3) is 1.40. The van der Waals surface area contributed by atoms with Crippen molar-refractivity contribution in [3.63, 3.8) is 0 Å². The van der Waals surface area contributed by atoms with Gasteiger partial charge in [-0.15, -0.1) is 10.2 Å². The van der Waals surface area contributed by atoms with Gasteiger partial charge in [0.2, 0.25) is 0 Å². The molecule has 1 atom stereocenters. The van der Waals surface area contributed by atoms with Crippen LogP contribution in [0.15, 0.2) is 24.3 Å². The summed E-state index contributed by atoms with van der Waals surface area (Å²) in [4.78, 5) is 0. The Morgan fingerprint density at radius 1 is 1.42 bits per heavy atom. The first-order valence-electron chi connectivity index (χ1n) is 4.36. The molecule has 1 aliphatic carbocycles. The predicted octanol–water partition coefficient (Wildman–Crippen LogP) is 1.95. The molecule has 1 aromatic heterocycles. The largest absolute Gasteiger partial charge is 0.317 e. The molecule has 0 spiro atoms. The summed E-state index contributed by atoms with van der Waals surface area (Å²) in [6.07, 6.45) is 9.50. The molecule has 1 heterocycles. The minimum atomic E-state index is 0.588. The second kappa shape index (κ2) is 3.09. The molecule has 1 aromatic rings. The van der Waals surface area contributed by atoms with Crippen LogP contribution in [0.5, 0.6) is 0 Å². The van der Waals surface area contributed by atoms with E-state index in [4.69, 9.17) is 0 Å². The van der Waals surface area contributed by atoms with E-state index in [0.29, 0.717) is 6.04 Å². The van der Waals surface area contributed by atoms with Gasteiger partial charge in [0.15, 0.2) is 0 Å². The molecule has 0 radical (unpaired) electrons. The van der Waals surface area contributed by atoms with E-state index in [1.54, 1.807) is 0 Å². The third-order valence-corrected chi connectivity index (χ3v) is 2.41. The molecule has 1 aliphatic rings. The van der Waals surface area contributed by atoms with Gasteiger partial charge in [0.25, 0.3) is 0 Å². The van der Waals surface area contributed by atoms with Gasteiger partial charge in [0.1, 0.15) is 12.7 Å². The molecule has 0 amide bonds. The van der Waals surface area contributed by atoms with Gasteiger partial charge >= 0.3 is 0 Å². The van der Waals surface area contributed by atoms with E-state index in [2.05, 4.69) is 27.8 Å². The van der Waals surface area contributed by atoms with Gasteiger partial charge in [0, 0.05) is 6.04 Å². The first-order valence-corrected chi connectivity index (χ1v) is 4.36. The van der Waals surface area contributed by atoms with Crippen LogP contribution in [0.4, 0.5) is 0 Å². The van der Waals surface area contributed by atoms with E-state index in [9.17, 15) is 0 Å². The monoisotopic (exact) mass is 163 g/mol. The summed E-state index contributed by atoms with van der Waals surface area (Å²) in [6, 6.07) is 0.588. The molecule has 0 fully saturated rings. The summed E-state index contributed by atoms with van der Waals surface area (Å²) in [5, 5.41) is 7.63. The fraction of sp³-hybridized carbons (Fsp3) is 0.556. The van der Waals surface area contributed by atoms with Crippen LogP contribution in [0.2, 0.25) is 0 Å². The van der Waals surface area contributed by atoms with Crippen molar-refractivity contribution >= 4 is 0 Å². The second-order valence-corrected chi connectivity index (χ2v) is 3.39. The van der Waals surface area contributed by atoms with Crippen molar-refractivity contribution < 1.29 is 0 Å². The van der Waals surface area contributed by atoms with E-state index in [1.165, 1.54) is 18.4 Å². The topological polar surface area (TPSA) is 30.7 Å². The molecule has 1 unspecified atom stereocenters. The highest BCUT2D eigenvalue weighted by Gasteiger charge is 2.14. The Labute approximate surface area is 72.1 Å². The predicted molar refractivity (Wildman–Crippen MR) is 46.7 cm³/mol. The maximum atomic E-state index is 3.82. The highest BCUT2D eigenvalue weighted by Crippen LogP contribution is 2.27. The summed E-state index contributed by atoms with van der Waals surface area (Å²) in [6.45, 7) is 2.19. The number of hydrogen-bond acceptors (Lipinski definition) is 2. The molecule has 2 rings (SSSR count). The Bertz CT molecular complexity index is 274. The van der Waals surface area contributed by atoms with E-state index in [1.807, 2.05) is 12.7 Å². The Kier molecular flexibility index (Phi) is 1.94. The van der Waals surface area contributed by atoms with Gasteiger partial charge in [-0.1, -0.05) is 11.6 Å². The molecule has 0 saturated heterocycles. The first kappa shape index (κ1) is 7.53. The molecule has 0 bridgehead atoms. The molecule has 0 aromatic carbocycles. The van der Waals surface area contributed by atoms with Gasteiger partial charge in [0.05, 0.1) is 0 Å². The highest BCUT2D eigenvalue weighted by atomic mass is 15.2. The van der Waals surface area contributed by atoms with Crippen molar-refractivity contribution in [2.24, 2.45) is 0 Å². The third-order valence-electron chi connectivity index (χ3n) is 2.41. The average Bonchev–Trinajstić information content (AvgIpc) is 2.56. The lowest BCUT2D eigenvalue weighted by atomic mass is 9.96. The SMILES string of the molecule is CC1=CCCC(n2cnnc2)C1. The molecule has 0 N–H and O–H groups in total. The summed E-state index contributed by atoms with van der Waals surface area (Å²) in [7, 11) is 0. The Morgan fingerprint density at radius 2 is 2.17 bits per heavy atom. The van der Waals surface area contributed by atoms with Crippen LogP contribution in [0.25, 0.3) is 0 Å². The van der Waals surface area contributed by atoms with E-state index in [-0.39, 0.29) is 0 Å². The molecular weight excluding hydrogens is 150 g/mol. The van der Waals surface area contributed by atoms with Crippen LogP contribution >= 0.6 is 0 Å². The maximum absolute atomic E-state index is 3.82. The van der Waals surface area contributed by atoms with Crippen molar-refractivity contribution in [3.8, 4) is 0 Å². The number of hydrogen-bond donors (Lipinski definition) is 0. The lowest BCUT2D eigenvalue weighted by molar-refractivity contribution is 0.447. The quantitative estimate of drug-likeness (QED) is 0.592. The number of aromatic nitrogens is 3. The minimum absolute atomic E-state index is 0.588. The first-order chi connectivity index (χ1) is 5.86. The molecule has 12 heavy (non-hydrogen) atoms. The smallest absolute Gasteiger partial charge is 0.119 e. The van der Waals surface area contributed by atoms with Gasteiger partial charge < -0.3 is 4.57 Å². The molecule has 3 heteroatoms. The van der Waals surface area contributed by atoms with Crippen LogP contribution in [0.3, 0.4) is 0 Å².